The summed E-state index contributed by atoms with van der Waals surface area (Å²) in [6.07, 6.45) is 0. The Bertz CT molecular complexity index is 506. The lowest BCUT2D eigenvalue weighted by Gasteiger charge is -2.09. The van der Waals surface area contributed by atoms with Crippen LogP contribution in [0.2, 0.25) is 0 Å². The summed E-state index contributed by atoms with van der Waals surface area (Å²) in [4.78, 5) is 0. The van der Waals surface area contributed by atoms with Crippen LogP contribution in [-0.4, -0.2) is 13.1 Å². The highest BCUT2D eigenvalue weighted by Crippen LogP contribution is 2.13. The van der Waals surface area contributed by atoms with Crippen LogP contribution in [0.5, 0.6) is 0 Å². The fraction of sp³-hybridized carbons (Fsp3) is 0.294. The van der Waals surface area contributed by atoms with Crippen molar-refractivity contribution in [2.24, 2.45) is 0 Å². The molecule has 0 atom stereocenters. The lowest BCUT2D eigenvalue weighted by Crippen LogP contribution is -2.21. The van der Waals surface area contributed by atoms with Gasteiger partial charge in [0.2, 0.25) is 0 Å². The molecule has 0 saturated carbocycles. The molecule has 19 heavy (non-hydrogen) atoms. The Labute approximate surface area is 115 Å². The van der Waals surface area contributed by atoms with Crippen molar-refractivity contribution in [3.8, 4) is 0 Å². The van der Waals surface area contributed by atoms with Crippen LogP contribution >= 0.6 is 0 Å². The average molecular weight is 254 g/mol. The minimum atomic E-state index is 0.926. The number of anilines is 1. The molecular formula is C17H22N2. The van der Waals surface area contributed by atoms with Gasteiger partial charge in [-0.2, -0.15) is 0 Å². The Morgan fingerprint density at radius 3 is 2.37 bits per heavy atom. The van der Waals surface area contributed by atoms with Gasteiger partial charge in [0.25, 0.3) is 0 Å². The van der Waals surface area contributed by atoms with E-state index in [0.717, 1.165) is 19.6 Å². The zero-order valence-corrected chi connectivity index (χ0v) is 11.7. The Balaban J connectivity index is 1.68. The number of hydrogen-bond acceptors (Lipinski definition) is 2. The maximum absolute atomic E-state index is 3.44. The largest absolute Gasteiger partial charge is 0.384 e. The molecule has 0 radical (unpaired) electrons. The van der Waals surface area contributed by atoms with E-state index < -0.39 is 0 Å². The molecule has 0 spiro atoms. The van der Waals surface area contributed by atoms with E-state index in [2.05, 4.69) is 66.9 Å². The summed E-state index contributed by atoms with van der Waals surface area (Å²) in [6.45, 7) is 7.11. The van der Waals surface area contributed by atoms with Crippen LogP contribution in [0, 0.1) is 13.8 Å². The molecule has 2 rings (SSSR count). The predicted molar refractivity (Wildman–Crippen MR) is 82.6 cm³/mol. The van der Waals surface area contributed by atoms with Gasteiger partial charge >= 0.3 is 0 Å². The Morgan fingerprint density at radius 1 is 0.842 bits per heavy atom. The summed E-state index contributed by atoms with van der Waals surface area (Å²) in [5.41, 5.74) is 5.20. The first-order valence-electron chi connectivity index (χ1n) is 6.81. The van der Waals surface area contributed by atoms with Crippen molar-refractivity contribution in [3.63, 3.8) is 0 Å². The third-order valence-electron chi connectivity index (χ3n) is 3.31. The van der Waals surface area contributed by atoms with Gasteiger partial charge in [0.15, 0.2) is 0 Å². The molecule has 0 fully saturated rings. The summed E-state index contributed by atoms with van der Waals surface area (Å²) in [7, 11) is 0. The fourth-order valence-corrected chi connectivity index (χ4v) is 1.98. The van der Waals surface area contributed by atoms with Crippen molar-refractivity contribution in [3.05, 3.63) is 65.2 Å². The van der Waals surface area contributed by atoms with Crippen molar-refractivity contribution in [2.75, 3.05) is 18.4 Å². The zero-order valence-electron chi connectivity index (χ0n) is 11.7. The van der Waals surface area contributed by atoms with Gasteiger partial charge < -0.3 is 10.6 Å². The summed E-state index contributed by atoms with van der Waals surface area (Å²) < 4.78 is 0. The van der Waals surface area contributed by atoms with Crippen LogP contribution in [0.1, 0.15) is 16.7 Å². The normalized spacial score (nSPS) is 10.4. The summed E-state index contributed by atoms with van der Waals surface area (Å²) in [6, 6.07) is 17.0. The van der Waals surface area contributed by atoms with E-state index in [9.17, 15) is 0 Å². The van der Waals surface area contributed by atoms with Crippen LogP contribution in [0.3, 0.4) is 0 Å². The van der Waals surface area contributed by atoms with Crippen molar-refractivity contribution in [1.82, 2.24) is 5.32 Å². The van der Waals surface area contributed by atoms with Crippen molar-refractivity contribution >= 4 is 5.69 Å². The summed E-state index contributed by atoms with van der Waals surface area (Å²) >= 11 is 0. The van der Waals surface area contributed by atoms with Gasteiger partial charge in [0, 0.05) is 25.3 Å². The summed E-state index contributed by atoms with van der Waals surface area (Å²) in [5, 5.41) is 6.87. The molecule has 0 aliphatic carbocycles. The second-order valence-electron chi connectivity index (χ2n) is 4.89. The van der Waals surface area contributed by atoms with E-state index in [1.807, 2.05) is 6.07 Å². The molecule has 2 heteroatoms. The van der Waals surface area contributed by atoms with Gasteiger partial charge in [-0.1, -0.05) is 36.4 Å². The van der Waals surface area contributed by atoms with E-state index in [1.54, 1.807) is 0 Å². The highest BCUT2D eigenvalue weighted by molar-refractivity contribution is 5.48. The lowest BCUT2D eigenvalue weighted by atomic mass is 10.1. The Hall–Kier alpha value is -1.80. The highest BCUT2D eigenvalue weighted by atomic mass is 14.9. The Morgan fingerprint density at radius 2 is 1.63 bits per heavy atom. The van der Waals surface area contributed by atoms with E-state index >= 15 is 0 Å². The number of aryl methyl sites for hydroxylation is 2. The van der Waals surface area contributed by atoms with Crippen LogP contribution in [0.15, 0.2) is 48.5 Å². The van der Waals surface area contributed by atoms with E-state index in [0.29, 0.717) is 0 Å². The molecule has 0 amide bonds. The molecule has 2 aromatic rings. The third-order valence-corrected chi connectivity index (χ3v) is 3.31. The molecule has 100 valence electrons. The minimum absolute atomic E-state index is 0.926. The fourth-order valence-electron chi connectivity index (χ4n) is 1.98. The number of hydrogen-bond donors (Lipinski definition) is 2. The first kappa shape index (κ1) is 13.6. The van der Waals surface area contributed by atoms with E-state index in [4.69, 9.17) is 0 Å². The molecule has 0 aliphatic rings. The SMILES string of the molecule is Cc1ccc(NCCNCc2ccccc2)cc1C. The van der Waals surface area contributed by atoms with Gasteiger partial charge in [-0.25, -0.2) is 0 Å². The molecule has 2 aromatic carbocycles. The third kappa shape index (κ3) is 4.42. The smallest absolute Gasteiger partial charge is 0.0343 e. The number of rotatable bonds is 6. The molecule has 0 aromatic heterocycles. The van der Waals surface area contributed by atoms with Crippen molar-refractivity contribution in [2.45, 2.75) is 20.4 Å². The first-order valence-corrected chi connectivity index (χ1v) is 6.81. The molecule has 0 bridgehead atoms. The second-order valence-corrected chi connectivity index (χ2v) is 4.89. The highest BCUT2D eigenvalue weighted by Gasteiger charge is 1.95. The maximum atomic E-state index is 3.44. The molecule has 0 heterocycles. The van der Waals surface area contributed by atoms with Gasteiger partial charge in [0.05, 0.1) is 0 Å². The van der Waals surface area contributed by atoms with E-state index in [1.165, 1.54) is 22.4 Å². The van der Waals surface area contributed by atoms with Gasteiger partial charge in [-0.15, -0.1) is 0 Å². The standard InChI is InChI=1S/C17H22N2/c1-14-8-9-17(12-15(14)2)19-11-10-18-13-16-6-4-3-5-7-16/h3-9,12,18-19H,10-11,13H2,1-2H3. The molecule has 0 saturated heterocycles. The van der Waals surface area contributed by atoms with Crippen LogP contribution in [0.25, 0.3) is 0 Å². The van der Waals surface area contributed by atoms with E-state index in [-0.39, 0.29) is 0 Å². The lowest BCUT2D eigenvalue weighted by molar-refractivity contribution is 0.707. The molecule has 2 nitrogen and oxygen atoms in total. The number of nitrogens with one attached hydrogen (secondary N) is 2. The monoisotopic (exact) mass is 254 g/mol. The summed E-state index contributed by atoms with van der Waals surface area (Å²) in [5.74, 6) is 0. The van der Waals surface area contributed by atoms with Crippen molar-refractivity contribution in [1.29, 1.82) is 0 Å². The number of benzene rings is 2. The molecular weight excluding hydrogens is 232 g/mol. The topological polar surface area (TPSA) is 24.1 Å². The molecule has 2 N–H and O–H groups in total. The van der Waals surface area contributed by atoms with Crippen LogP contribution < -0.4 is 10.6 Å². The average Bonchev–Trinajstić information content (AvgIpc) is 2.43. The quantitative estimate of drug-likeness (QED) is 0.771. The Kier molecular flexibility index (Phi) is 4.99. The van der Waals surface area contributed by atoms with Gasteiger partial charge in [-0.3, -0.25) is 0 Å². The van der Waals surface area contributed by atoms with Crippen molar-refractivity contribution < 1.29 is 0 Å². The molecule has 0 aliphatic heterocycles. The van der Waals surface area contributed by atoms with Gasteiger partial charge in [0.1, 0.15) is 0 Å². The predicted octanol–water partition coefficient (Wildman–Crippen LogP) is 3.51. The van der Waals surface area contributed by atoms with Crippen LogP contribution in [0.4, 0.5) is 5.69 Å². The molecule has 0 unspecified atom stereocenters. The second kappa shape index (κ2) is 6.95. The van der Waals surface area contributed by atoms with Crippen LogP contribution in [-0.2, 0) is 6.54 Å². The van der Waals surface area contributed by atoms with Gasteiger partial charge in [-0.05, 0) is 42.7 Å². The first-order chi connectivity index (χ1) is 9.25. The zero-order chi connectivity index (χ0) is 13.5. The maximum Gasteiger partial charge on any atom is 0.0343 e. The minimum Gasteiger partial charge on any atom is -0.384 e.